The van der Waals surface area contributed by atoms with Crippen LogP contribution < -0.4 is 5.32 Å². The Morgan fingerprint density at radius 2 is 2.06 bits per heavy atom. The molecule has 0 aromatic heterocycles. The predicted octanol–water partition coefficient (Wildman–Crippen LogP) is 2.60. The molecule has 1 N–H and O–H groups in total. The fourth-order valence-corrected chi connectivity index (χ4v) is 1.43. The van der Waals surface area contributed by atoms with E-state index in [1.165, 1.54) is 6.07 Å². The molecule has 0 bridgehead atoms. The summed E-state index contributed by atoms with van der Waals surface area (Å²) in [6.07, 6.45) is 0.884. The van der Waals surface area contributed by atoms with Gasteiger partial charge in [0.2, 0.25) is 0 Å². The van der Waals surface area contributed by atoms with Gasteiger partial charge in [0.05, 0.1) is 12.3 Å². The SMILES string of the molecule is COCCCOCCNc1ccc(C)cc1F. The largest absolute Gasteiger partial charge is 0.385 e. The zero-order valence-corrected chi connectivity index (χ0v) is 10.5. The standard InChI is InChI=1S/C13H20FNO2/c1-11-4-5-13(12(14)10-11)15-6-9-17-8-3-7-16-2/h4-5,10,15H,3,6-9H2,1-2H3. The highest BCUT2D eigenvalue weighted by Gasteiger charge is 2.00. The van der Waals surface area contributed by atoms with Crippen LogP contribution in [0.3, 0.4) is 0 Å². The van der Waals surface area contributed by atoms with Gasteiger partial charge < -0.3 is 14.8 Å². The zero-order chi connectivity index (χ0) is 12.5. The second-order valence-electron chi connectivity index (χ2n) is 3.87. The molecule has 0 saturated heterocycles. The molecule has 0 fully saturated rings. The molecule has 0 radical (unpaired) electrons. The Bertz CT molecular complexity index is 331. The lowest BCUT2D eigenvalue weighted by molar-refractivity contribution is 0.109. The van der Waals surface area contributed by atoms with Crippen molar-refractivity contribution in [3.8, 4) is 0 Å². The molecule has 0 heterocycles. The third kappa shape index (κ3) is 5.65. The van der Waals surface area contributed by atoms with E-state index in [2.05, 4.69) is 5.32 Å². The number of aryl methyl sites for hydroxylation is 1. The third-order valence-corrected chi connectivity index (χ3v) is 2.32. The minimum Gasteiger partial charge on any atom is -0.385 e. The van der Waals surface area contributed by atoms with E-state index in [1.807, 2.05) is 13.0 Å². The zero-order valence-electron chi connectivity index (χ0n) is 10.5. The number of halogens is 1. The van der Waals surface area contributed by atoms with Gasteiger partial charge >= 0.3 is 0 Å². The van der Waals surface area contributed by atoms with Crippen LogP contribution in [0.5, 0.6) is 0 Å². The average Bonchev–Trinajstić information content (AvgIpc) is 2.30. The minimum absolute atomic E-state index is 0.218. The van der Waals surface area contributed by atoms with E-state index >= 15 is 0 Å². The topological polar surface area (TPSA) is 30.5 Å². The number of hydrogen-bond donors (Lipinski definition) is 1. The molecular weight excluding hydrogens is 221 g/mol. The van der Waals surface area contributed by atoms with Gasteiger partial charge in [0, 0.05) is 26.9 Å². The van der Waals surface area contributed by atoms with Crippen LogP contribution >= 0.6 is 0 Å². The lowest BCUT2D eigenvalue weighted by Gasteiger charge is -2.08. The first-order valence-corrected chi connectivity index (χ1v) is 5.80. The molecule has 4 heteroatoms. The summed E-state index contributed by atoms with van der Waals surface area (Å²) in [6, 6.07) is 5.14. The Hall–Kier alpha value is -1.13. The van der Waals surface area contributed by atoms with Gasteiger partial charge in [-0.25, -0.2) is 4.39 Å². The van der Waals surface area contributed by atoms with Crippen molar-refractivity contribution in [2.45, 2.75) is 13.3 Å². The van der Waals surface area contributed by atoms with Gasteiger partial charge in [-0.2, -0.15) is 0 Å². The van der Waals surface area contributed by atoms with Gasteiger partial charge in [-0.1, -0.05) is 6.07 Å². The first-order chi connectivity index (χ1) is 8.24. The molecule has 1 aromatic carbocycles. The van der Waals surface area contributed by atoms with Crippen LogP contribution in [0.1, 0.15) is 12.0 Å². The van der Waals surface area contributed by atoms with Crippen LogP contribution in [0, 0.1) is 12.7 Å². The Morgan fingerprint density at radius 3 is 2.76 bits per heavy atom. The highest BCUT2D eigenvalue weighted by molar-refractivity contribution is 5.45. The quantitative estimate of drug-likeness (QED) is 0.710. The van der Waals surface area contributed by atoms with Crippen LogP contribution in [-0.4, -0.2) is 33.5 Å². The van der Waals surface area contributed by atoms with E-state index < -0.39 is 0 Å². The van der Waals surface area contributed by atoms with Gasteiger partial charge in [0.25, 0.3) is 0 Å². The fraction of sp³-hybridized carbons (Fsp3) is 0.538. The molecular formula is C13H20FNO2. The maximum absolute atomic E-state index is 13.4. The molecule has 0 aliphatic rings. The van der Waals surface area contributed by atoms with Crippen LogP contribution in [0.4, 0.5) is 10.1 Å². The summed E-state index contributed by atoms with van der Waals surface area (Å²) < 4.78 is 23.7. The number of rotatable bonds is 8. The molecule has 17 heavy (non-hydrogen) atoms. The van der Waals surface area contributed by atoms with Crippen molar-refractivity contribution in [2.75, 3.05) is 38.8 Å². The van der Waals surface area contributed by atoms with Crippen molar-refractivity contribution in [3.63, 3.8) is 0 Å². The van der Waals surface area contributed by atoms with Crippen molar-refractivity contribution in [2.24, 2.45) is 0 Å². The number of methoxy groups -OCH3 is 1. The Kier molecular flexibility index (Phi) is 6.58. The van der Waals surface area contributed by atoms with Crippen molar-refractivity contribution in [3.05, 3.63) is 29.6 Å². The Labute approximate surface area is 102 Å². The lowest BCUT2D eigenvalue weighted by Crippen LogP contribution is -2.11. The van der Waals surface area contributed by atoms with Crippen molar-refractivity contribution in [1.82, 2.24) is 0 Å². The van der Waals surface area contributed by atoms with E-state index in [-0.39, 0.29) is 5.82 Å². The molecule has 0 atom stereocenters. The summed E-state index contributed by atoms with van der Waals surface area (Å²) in [7, 11) is 1.67. The molecule has 3 nitrogen and oxygen atoms in total. The first-order valence-electron chi connectivity index (χ1n) is 5.80. The van der Waals surface area contributed by atoms with E-state index in [0.717, 1.165) is 12.0 Å². The number of anilines is 1. The highest BCUT2D eigenvalue weighted by atomic mass is 19.1. The summed E-state index contributed by atoms with van der Waals surface area (Å²) in [5.41, 5.74) is 1.44. The van der Waals surface area contributed by atoms with Crippen LogP contribution in [0.25, 0.3) is 0 Å². The second kappa shape index (κ2) is 8.03. The van der Waals surface area contributed by atoms with Crippen LogP contribution in [0.15, 0.2) is 18.2 Å². The van der Waals surface area contributed by atoms with Gasteiger partial charge in [0.15, 0.2) is 0 Å². The summed E-state index contributed by atoms with van der Waals surface area (Å²) >= 11 is 0. The van der Waals surface area contributed by atoms with Gasteiger partial charge in [-0.15, -0.1) is 0 Å². The van der Waals surface area contributed by atoms with Crippen molar-refractivity contribution in [1.29, 1.82) is 0 Å². The molecule has 0 unspecified atom stereocenters. The number of benzene rings is 1. The molecule has 96 valence electrons. The van der Waals surface area contributed by atoms with Crippen molar-refractivity contribution < 1.29 is 13.9 Å². The Balaban J connectivity index is 2.14. The van der Waals surface area contributed by atoms with Crippen molar-refractivity contribution >= 4 is 5.69 Å². The van der Waals surface area contributed by atoms with E-state index in [0.29, 0.717) is 32.1 Å². The number of ether oxygens (including phenoxy) is 2. The monoisotopic (exact) mass is 241 g/mol. The minimum atomic E-state index is -0.218. The third-order valence-electron chi connectivity index (χ3n) is 2.32. The summed E-state index contributed by atoms with van der Waals surface area (Å²) in [4.78, 5) is 0. The molecule has 0 amide bonds. The first kappa shape index (κ1) is 13.9. The van der Waals surface area contributed by atoms with Crippen LogP contribution in [0.2, 0.25) is 0 Å². The summed E-state index contributed by atoms with van der Waals surface area (Å²) in [5, 5.41) is 3.00. The van der Waals surface area contributed by atoms with E-state index in [1.54, 1.807) is 13.2 Å². The molecule has 0 aliphatic carbocycles. The summed E-state index contributed by atoms with van der Waals surface area (Å²) in [5.74, 6) is -0.218. The smallest absolute Gasteiger partial charge is 0.146 e. The second-order valence-corrected chi connectivity index (χ2v) is 3.87. The predicted molar refractivity (Wildman–Crippen MR) is 66.9 cm³/mol. The Morgan fingerprint density at radius 1 is 1.24 bits per heavy atom. The maximum atomic E-state index is 13.4. The van der Waals surface area contributed by atoms with Gasteiger partial charge in [0.1, 0.15) is 5.82 Å². The number of nitrogens with one attached hydrogen (secondary N) is 1. The van der Waals surface area contributed by atoms with Crippen LogP contribution in [-0.2, 0) is 9.47 Å². The lowest BCUT2D eigenvalue weighted by atomic mass is 10.2. The fourth-order valence-electron chi connectivity index (χ4n) is 1.43. The highest BCUT2D eigenvalue weighted by Crippen LogP contribution is 2.14. The van der Waals surface area contributed by atoms with E-state index in [4.69, 9.17) is 9.47 Å². The average molecular weight is 241 g/mol. The molecule has 1 rings (SSSR count). The molecule has 0 saturated carbocycles. The van der Waals surface area contributed by atoms with E-state index in [9.17, 15) is 4.39 Å². The molecule has 0 spiro atoms. The summed E-state index contributed by atoms with van der Waals surface area (Å²) in [6.45, 7) is 4.42. The maximum Gasteiger partial charge on any atom is 0.146 e. The molecule has 1 aromatic rings. The molecule has 0 aliphatic heterocycles. The van der Waals surface area contributed by atoms with Gasteiger partial charge in [-0.3, -0.25) is 0 Å². The normalized spacial score (nSPS) is 10.5. The number of hydrogen-bond acceptors (Lipinski definition) is 3. The van der Waals surface area contributed by atoms with Gasteiger partial charge in [-0.05, 0) is 31.0 Å².